The van der Waals surface area contributed by atoms with Crippen LogP contribution in [0.25, 0.3) is 21.5 Å². The van der Waals surface area contributed by atoms with Gasteiger partial charge in [0, 0.05) is 0 Å². The van der Waals surface area contributed by atoms with Gasteiger partial charge in [-0.15, -0.1) is 0 Å². The topological polar surface area (TPSA) is 0 Å². The van der Waals surface area contributed by atoms with Gasteiger partial charge in [0.2, 0.25) is 0 Å². The van der Waals surface area contributed by atoms with E-state index in [2.05, 4.69) is 61.5 Å². The molecular formula is C33H48. The van der Waals surface area contributed by atoms with Crippen LogP contribution in [0.15, 0.2) is 54.6 Å². The van der Waals surface area contributed by atoms with Crippen LogP contribution in [-0.2, 0) is 6.42 Å². The molecule has 0 radical (unpaired) electrons. The van der Waals surface area contributed by atoms with E-state index >= 15 is 0 Å². The molecule has 0 fully saturated rings. The number of benzene rings is 3. The summed E-state index contributed by atoms with van der Waals surface area (Å²) in [7, 11) is 0. The molecule has 3 aromatic rings. The molecule has 180 valence electrons. The summed E-state index contributed by atoms with van der Waals surface area (Å²) in [5, 5.41) is 5.55. The molecule has 0 nitrogen and oxygen atoms in total. The van der Waals surface area contributed by atoms with Crippen LogP contribution >= 0.6 is 0 Å². The lowest BCUT2D eigenvalue weighted by molar-refractivity contribution is 0.527. The van der Waals surface area contributed by atoms with Gasteiger partial charge in [-0.2, -0.15) is 0 Å². The van der Waals surface area contributed by atoms with Gasteiger partial charge in [-0.1, -0.05) is 152 Å². The van der Waals surface area contributed by atoms with Crippen molar-refractivity contribution in [1.82, 2.24) is 0 Å². The Morgan fingerprint density at radius 1 is 0.424 bits per heavy atom. The number of unbranched alkanes of at least 4 members (excludes halogenated alkanes) is 16. The van der Waals surface area contributed by atoms with Crippen molar-refractivity contribution in [2.75, 3.05) is 0 Å². The molecule has 0 aliphatic carbocycles. The first-order chi connectivity index (χ1) is 16.4. The maximum Gasteiger partial charge on any atom is -0.0146 e. The Kier molecular flexibility index (Phi) is 12.4. The number of hydrogen-bond donors (Lipinski definition) is 0. The number of hydrogen-bond acceptors (Lipinski definition) is 0. The largest absolute Gasteiger partial charge is 0.0654 e. The maximum absolute atomic E-state index is 2.40. The Balaban J connectivity index is 1.19. The highest BCUT2D eigenvalue weighted by atomic mass is 14.1. The highest BCUT2D eigenvalue weighted by molar-refractivity contribution is 5.99. The van der Waals surface area contributed by atoms with Crippen LogP contribution < -0.4 is 0 Å². The van der Waals surface area contributed by atoms with Crippen molar-refractivity contribution in [2.24, 2.45) is 0 Å². The molecule has 0 heterocycles. The lowest BCUT2D eigenvalue weighted by atomic mass is 9.96. The zero-order valence-electron chi connectivity index (χ0n) is 21.4. The molecule has 0 atom stereocenters. The minimum atomic E-state index is 1.22. The summed E-state index contributed by atoms with van der Waals surface area (Å²) in [5.41, 5.74) is 1.53. The predicted octanol–water partition coefficient (Wildman–Crippen LogP) is 11.2. The molecule has 3 aromatic carbocycles. The maximum atomic E-state index is 2.40. The predicted molar refractivity (Wildman–Crippen MR) is 149 cm³/mol. The molecule has 33 heavy (non-hydrogen) atoms. The van der Waals surface area contributed by atoms with E-state index in [1.165, 1.54) is 143 Å². The highest BCUT2D eigenvalue weighted by Gasteiger charge is 2.03. The average Bonchev–Trinajstić information content (AvgIpc) is 2.84. The smallest absolute Gasteiger partial charge is 0.0146 e. The second kappa shape index (κ2) is 15.9. The molecule has 0 aliphatic rings. The molecule has 0 heteroatoms. The van der Waals surface area contributed by atoms with E-state index in [9.17, 15) is 0 Å². The lowest BCUT2D eigenvalue weighted by Crippen LogP contribution is -1.89. The first-order valence-electron chi connectivity index (χ1n) is 14.3. The van der Waals surface area contributed by atoms with Crippen molar-refractivity contribution >= 4 is 21.5 Å². The normalized spacial score (nSPS) is 11.5. The Labute approximate surface area is 204 Å². The third-order valence-electron chi connectivity index (χ3n) is 7.39. The van der Waals surface area contributed by atoms with Gasteiger partial charge in [-0.25, -0.2) is 0 Å². The first-order valence-corrected chi connectivity index (χ1v) is 14.3. The number of fused-ring (bicyclic) bond motifs is 2. The fourth-order valence-corrected chi connectivity index (χ4v) is 5.29. The van der Waals surface area contributed by atoms with E-state index in [-0.39, 0.29) is 0 Å². The average molecular weight is 445 g/mol. The molecule has 0 saturated carbocycles. The highest BCUT2D eigenvalue weighted by Crippen LogP contribution is 2.26. The van der Waals surface area contributed by atoms with Crippen molar-refractivity contribution in [3.05, 3.63) is 60.2 Å². The number of rotatable bonds is 18. The molecule has 0 unspecified atom stereocenters. The van der Waals surface area contributed by atoms with E-state index in [0.29, 0.717) is 0 Å². The summed E-state index contributed by atoms with van der Waals surface area (Å²) in [5.74, 6) is 0. The van der Waals surface area contributed by atoms with E-state index in [0.717, 1.165) is 0 Å². The summed E-state index contributed by atoms with van der Waals surface area (Å²) < 4.78 is 0. The third kappa shape index (κ3) is 9.52. The molecule has 0 aliphatic heterocycles. The van der Waals surface area contributed by atoms with Crippen LogP contribution in [0.3, 0.4) is 0 Å². The summed E-state index contributed by atoms with van der Waals surface area (Å²) in [4.78, 5) is 0. The van der Waals surface area contributed by atoms with E-state index < -0.39 is 0 Å². The zero-order valence-corrected chi connectivity index (χ0v) is 21.4. The fourth-order valence-electron chi connectivity index (χ4n) is 5.29. The zero-order chi connectivity index (χ0) is 23.0. The van der Waals surface area contributed by atoms with Gasteiger partial charge in [0.15, 0.2) is 0 Å². The molecule has 0 amide bonds. The van der Waals surface area contributed by atoms with Gasteiger partial charge < -0.3 is 0 Å². The van der Waals surface area contributed by atoms with Gasteiger partial charge >= 0.3 is 0 Å². The minimum absolute atomic E-state index is 1.22. The molecular weight excluding hydrogens is 396 g/mol. The first kappa shape index (κ1) is 25.8. The standard InChI is InChI=1S/C33H48/c1-2-3-4-5-6-7-8-9-10-11-12-13-14-15-16-17-18-22-29-25-21-26-32-27-30-23-19-20-24-31(30)28-33(29)32/h19-21,23-28H,2-18,22H2,1H3. The molecule has 3 rings (SSSR count). The van der Waals surface area contributed by atoms with Gasteiger partial charge in [0.05, 0.1) is 0 Å². The summed E-state index contributed by atoms with van der Waals surface area (Å²) in [6.45, 7) is 2.30. The third-order valence-corrected chi connectivity index (χ3v) is 7.39. The van der Waals surface area contributed by atoms with Gasteiger partial charge in [0.25, 0.3) is 0 Å². The molecule has 0 saturated heterocycles. The van der Waals surface area contributed by atoms with Crippen molar-refractivity contribution in [3.63, 3.8) is 0 Å². The van der Waals surface area contributed by atoms with Gasteiger partial charge in [-0.05, 0) is 52.1 Å². The van der Waals surface area contributed by atoms with Crippen LogP contribution in [0.1, 0.15) is 122 Å². The summed E-state index contributed by atoms with van der Waals surface area (Å²) in [6.07, 6.45) is 25.6. The molecule has 0 N–H and O–H groups in total. The van der Waals surface area contributed by atoms with E-state index in [4.69, 9.17) is 0 Å². The van der Waals surface area contributed by atoms with Crippen LogP contribution in [0.4, 0.5) is 0 Å². The van der Waals surface area contributed by atoms with Crippen molar-refractivity contribution in [2.45, 2.75) is 122 Å². The second-order valence-electron chi connectivity index (χ2n) is 10.2. The second-order valence-corrected chi connectivity index (χ2v) is 10.2. The van der Waals surface area contributed by atoms with Crippen LogP contribution in [-0.4, -0.2) is 0 Å². The van der Waals surface area contributed by atoms with Crippen LogP contribution in [0.2, 0.25) is 0 Å². The summed E-state index contributed by atoms with van der Waals surface area (Å²) >= 11 is 0. The number of aryl methyl sites for hydroxylation is 1. The summed E-state index contributed by atoms with van der Waals surface area (Å²) in [6, 6.07) is 20.3. The van der Waals surface area contributed by atoms with Crippen LogP contribution in [0.5, 0.6) is 0 Å². The van der Waals surface area contributed by atoms with Crippen LogP contribution in [0, 0.1) is 0 Å². The minimum Gasteiger partial charge on any atom is -0.0654 e. The Hall–Kier alpha value is -1.82. The van der Waals surface area contributed by atoms with Crippen molar-refractivity contribution in [3.8, 4) is 0 Å². The van der Waals surface area contributed by atoms with Crippen molar-refractivity contribution in [1.29, 1.82) is 0 Å². The lowest BCUT2D eigenvalue weighted by Gasteiger charge is -2.09. The van der Waals surface area contributed by atoms with E-state index in [1.807, 2.05) is 0 Å². The monoisotopic (exact) mass is 444 g/mol. The SMILES string of the molecule is CCCCCCCCCCCCCCCCCCCc1cccc2cc3ccccc3cc12. The molecule has 0 bridgehead atoms. The molecule has 0 aromatic heterocycles. The Morgan fingerprint density at radius 2 is 0.879 bits per heavy atom. The van der Waals surface area contributed by atoms with E-state index in [1.54, 1.807) is 0 Å². The fraction of sp³-hybridized carbons (Fsp3) is 0.576. The Bertz CT molecular complexity index is 906. The quantitative estimate of drug-likeness (QED) is 0.135. The Morgan fingerprint density at radius 3 is 1.42 bits per heavy atom. The van der Waals surface area contributed by atoms with Gasteiger partial charge in [-0.3, -0.25) is 0 Å². The van der Waals surface area contributed by atoms with Gasteiger partial charge in [0.1, 0.15) is 0 Å². The van der Waals surface area contributed by atoms with Crippen molar-refractivity contribution < 1.29 is 0 Å². The molecule has 0 spiro atoms.